The maximum atomic E-state index is 14.6. The number of ether oxygens (including phenoxy) is 1. The zero-order chi connectivity index (χ0) is 15.7. The molecule has 3 rings (SSSR count). The monoisotopic (exact) mass is 298 g/mol. The van der Waals surface area contributed by atoms with Gasteiger partial charge in [-0.15, -0.1) is 0 Å². The van der Waals surface area contributed by atoms with Crippen LogP contribution in [0.3, 0.4) is 0 Å². The average Bonchev–Trinajstić information content (AvgIpc) is 2.53. The number of benzene rings is 2. The lowest BCUT2D eigenvalue weighted by Crippen LogP contribution is -2.11. The molecule has 1 aromatic heterocycles. The first-order valence-electron chi connectivity index (χ1n) is 6.92. The summed E-state index contributed by atoms with van der Waals surface area (Å²) in [5.74, 6) is -0.369. The molecule has 1 N–H and O–H groups in total. The molecule has 0 saturated heterocycles. The predicted molar refractivity (Wildman–Crippen MR) is 82.6 cm³/mol. The second-order valence-corrected chi connectivity index (χ2v) is 5.12. The van der Waals surface area contributed by atoms with Crippen LogP contribution in [-0.4, -0.2) is 9.97 Å². The molecule has 0 spiro atoms. The fraction of sp³-hybridized carbons (Fsp3) is 0.176. The van der Waals surface area contributed by atoms with E-state index in [0.29, 0.717) is 11.1 Å². The molecule has 0 aliphatic heterocycles. The van der Waals surface area contributed by atoms with Gasteiger partial charge >= 0.3 is 0 Å². The zero-order valence-corrected chi connectivity index (χ0v) is 12.3. The fourth-order valence-corrected chi connectivity index (χ4v) is 2.49. The van der Waals surface area contributed by atoms with E-state index < -0.39 is 5.82 Å². The minimum absolute atomic E-state index is 0.145. The molecule has 1 heterocycles. The molecule has 0 amide bonds. The molecule has 0 atom stereocenters. The van der Waals surface area contributed by atoms with E-state index in [1.165, 1.54) is 6.33 Å². The minimum atomic E-state index is -0.514. The van der Waals surface area contributed by atoms with E-state index >= 15 is 0 Å². The first-order valence-corrected chi connectivity index (χ1v) is 6.92. The molecular formula is C17H15FN2O2. The largest absolute Gasteiger partial charge is 0.485 e. The number of aryl methyl sites for hydroxylation is 2. The normalized spacial score (nSPS) is 10.9. The van der Waals surface area contributed by atoms with E-state index in [4.69, 9.17) is 4.74 Å². The highest BCUT2D eigenvalue weighted by molar-refractivity contribution is 5.86. The smallest absolute Gasteiger partial charge is 0.258 e. The molecule has 3 aromatic rings. The summed E-state index contributed by atoms with van der Waals surface area (Å²) in [4.78, 5) is 18.5. The van der Waals surface area contributed by atoms with Crippen molar-refractivity contribution < 1.29 is 9.13 Å². The Morgan fingerprint density at radius 1 is 1.18 bits per heavy atom. The number of H-pyrrole nitrogens is 1. The van der Waals surface area contributed by atoms with Crippen molar-refractivity contribution >= 4 is 10.9 Å². The van der Waals surface area contributed by atoms with Gasteiger partial charge in [0.15, 0.2) is 11.6 Å². The third-order valence-corrected chi connectivity index (χ3v) is 3.68. The van der Waals surface area contributed by atoms with Crippen LogP contribution in [0.15, 0.2) is 41.5 Å². The van der Waals surface area contributed by atoms with Crippen LogP contribution >= 0.6 is 0 Å². The quantitative estimate of drug-likeness (QED) is 0.807. The maximum Gasteiger partial charge on any atom is 0.258 e. The third-order valence-electron chi connectivity index (χ3n) is 3.68. The number of nitrogens with zero attached hydrogens (tertiary/aromatic N) is 1. The van der Waals surface area contributed by atoms with Crippen LogP contribution in [0, 0.1) is 19.7 Å². The van der Waals surface area contributed by atoms with Crippen LogP contribution in [0.1, 0.15) is 16.7 Å². The number of hydrogen-bond acceptors (Lipinski definition) is 3. The summed E-state index contributed by atoms with van der Waals surface area (Å²) >= 11 is 0. The molecule has 0 saturated carbocycles. The van der Waals surface area contributed by atoms with Crippen molar-refractivity contribution in [2.24, 2.45) is 0 Å². The molecule has 4 nitrogen and oxygen atoms in total. The van der Waals surface area contributed by atoms with Gasteiger partial charge in [-0.05, 0) is 19.4 Å². The van der Waals surface area contributed by atoms with Gasteiger partial charge in [-0.2, -0.15) is 0 Å². The molecule has 22 heavy (non-hydrogen) atoms. The van der Waals surface area contributed by atoms with Gasteiger partial charge in [0.25, 0.3) is 5.56 Å². The van der Waals surface area contributed by atoms with E-state index in [-0.39, 0.29) is 28.9 Å². The summed E-state index contributed by atoms with van der Waals surface area (Å²) in [6.07, 6.45) is 1.32. The van der Waals surface area contributed by atoms with Crippen molar-refractivity contribution in [2.75, 3.05) is 0 Å². The molecule has 5 heteroatoms. The number of nitrogens with one attached hydrogen (secondary N) is 1. The predicted octanol–water partition coefficient (Wildman–Crippen LogP) is 3.26. The lowest BCUT2D eigenvalue weighted by molar-refractivity contribution is 0.288. The Labute approximate surface area is 126 Å². The average molecular weight is 298 g/mol. The fourth-order valence-electron chi connectivity index (χ4n) is 2.49. The van der Waals surface area contributed by atoms with Crippen molar-refractivity contribution in [1.29, 1.82) is 0 Å². The van der Waals surface area contributed by atoms with Crippen LogP contribution in [0.2, 0.25) is 0 Å². The molecular weight excluding hydrogens is 283 g/mol. The first-order chi connectivity index (χ1) is 10.6. The highest BCUT2D eigenvalue weighted by Gasteiger charge is 2.19. The van der Waals surface area contributed by atoms with Gasteiger partial charge in [-0.25, -0.2) is 9.37 Å². The molecule has 0 bridgehead atoms. The molecule has 112 valence electrons. The molecule has 0 unspecified atom stereocenters. The van der Waals surface area contributed by atoms with Crippen molar-refractivity contribution in [3.05, 3.63) is 69.5 Å². The number of halogens is 1. The Kier molecular flexibility index (Phi) is 3.63. The Morgan fingerprint density at radius 2 is 1.91 bits per heavy atom. The first kappa shape index (κ1) is 14.3. The zero-order valence-electron chi connectivity index (χ0n) is 12.3. The summed E-state index contributed by atoms with van der Waals surface area (Å²) in [5, 5.41) is 0.268. The summed E-state index contributed by atoms with van der Waals surface area (Å²) in [7, 11) is 0. The van der Waals surface area contributed by atoms with Gasteiger partial charge < -0.3 is 9.72 Å². The summed E-state index contributed by atoms with van der Waals surface area (Å²) in [6.45, 7) is 3.52. The van der Waals surface area contributed by atoms with Crippen molar-refractivity contribution in [3.8, 4) is 5.75 Å². The summed E-state index contributed by atoms with van der Waals surface area (Å²) in [5.41, 5.74) is 1.83. The molecule has 0 aliphatic rings. The molecule has 0 radical (unpaired) electrons. The van der Waals surface area contributed by atoms with Crippen LogP contribution < -0.4 is 10.3 Å². The van der Waals surface area contributed by atoms with E-state index in [1.807, 2.05) is 30.3 Å². The van der Waals surface area contributed by atoms with Crippen LogP contribution in [0.4, 0.5) is 4.39 Å². The summed E-state index contributed by atoms with van der Waals surface area (Å²) in [6, 6.07) is 9.52. The highest BCUT2D eigenvalue weighted by Crippen LogP contribution is 2.31. The van der Waals surface area contributed by atoms with Gasteiger partial charge in [-0.1, -0.05) is 30.3 Å². The Balaban J connectivity index is 2.09. The second-order valence-electron chi connectivity index (χ2n) is 5.12. The molecule has 0 fully saturated rings. The highest BCUT2D eigenvalue weighted by atomic mass is 19.1. The summed E-state index contributed by atoms with van der Waals surface area (Å²) < 4.78 is 20.2. The van der Waals surface area contributed by atoms with Gasteiger partial charge in [0.05, 0.1) is 17.2 Å². The third kappa shape index (κ3) is 2.35. The Hall–Kier alpha value is -2.69. The number of rotatable bonds is 3. The lowest BCUT2D eigenvalue weighted by atomic mass is 10.0. The minimum Gasteiger partial charge on any atom is -0.485 e. The topological polar surface area (TPSA) is 55.0 Å². The van der Waals surface area contributed by atoms with Gasteiger partial charge in [0, 0.05) is 11.1 Å². The van der Waals surface area contributed by atoms with E-state index in [1.54, 1.807) is 13.8 Å². The van der Waals surface area contributed by atoms with E-state index in [9.17, 15) is 9.18 Å². The number of aromatic amines is 1. The SMILES string of the molecule is Cc1c(OCc2ccccc2)c(F)c(C)c2c(=O)[nH]cnc12. The Morgan fingerprint density at radius 3 is 2.64 bits per heavy atom. The molecule has 2 aromatic carbocycles. The number of hydrogen-bond donors (Lipinski definition) is 1. The maximum absolute atomic E-state index is 14.6. The van der Waals surface area contributed by atoms with Crippen LogP contribution in [0.5, 0.6) is 5.75 Å². The van der Waals surface area contributed by atoms with E-state index in [0.717, 1.165) is 5.56 Å². The van der Waals surface area contributed by atoms with Gasteiger partial charge in [0.1, 0.15) is 6.61 Å². The van der Waals surface area contributed by atoms with Crippen molar-refractivity contribution in [2.45, 2.75) is 20.5 Å². The number of fused-ring (bicyclic) bond motifs is 1. The van der Waals surface area contributed by atoms with Crippen molar-refractivity contribution in [3.63, 3.8) is 0 Å². The second kappa shape index (κ2) is 5.60. The van der Waals surface area contributed by atoms with Crippen LogP contribution in [0.25, 0.3) is 10.9 Å². The van der Waals surface area contributed by atoms with E-state index in [2.05, 4.69) is 9.97 Å². The lowest BCUT2D eigenvalue weighted by Gasteiger charge is -2.14. The van der Waals surface area contributed by atoms with Crippen molar-refractivity contribution in [1.82, 2.24) is 9.97 Å². The standard InChI is InChI=1S/C17H15FN2O2/c1-10-13-15(19-9-20-17(13)21)11(2)16(14(10)18)22-8-12-6-4-3-5-7-12/h3-7,9H,8H2,1-2H3,(H,19,20,21). The number of aromatic nitrogens is 2. The molecule has 0 aliphatic carbocycles. The van der Waals surface area contributed by atoms with Gasteiger partial charge in [-0.3, -0.25) is 4.79 Å². The van der Waals surface area contributed by atoms with Gasteiger partial charge in [0.2, 0.25) is 0 Å². The Bertz CT molecular complexity index is 889. The van der Waals surface area contributed by atoms with Crippen LogP contribution in [-0.2, 0) is 6.61 Å².